The molecule has 0 spiro atoms. The second kappa shape index (κ2) is 6.77. The standard InChI is InChI=1S/C15H20ClN3O/c1-4-20-15-8-6-5-7-12(15)14(17-3)10-19-11(2)13(16)9-18-19/h5-9,14,17H,4,10H2,1-3H3. The van der Waals surface area contributed by atoms with Crippen molar-refractivity contribution in [2.75, 3.05) is 13.7 Å². The van der Waals surface area contributed by atoms with Crippen molar-refractivity contribution in [3.8, 4) is 5.75 Å². The van der Waals surface area contributed by atoms with E-state index in [1.165, 1.54) is 0 Å². The molecular formula is C15H20ClN3O. The van der Waals surface area contributed by atoms with Crippen molar-refractivity contribution >= 4 is 11.6 Å². The molecule has 20 heavy (non-hydrogen) atoms. The predicted molar refractivity (Wildman–Crippen MR) is 81.4 cm³/mol. The molecule has 0 amide bonds. The maximum Gasteiger partial charge on any atom is 0.124 e. The van der Waals surface area contributed by atoms with Gasteiger partial charge in [0.05, 0.1) is 36.1 Å². The molecule has 0 saturated heterocycles. The number of halogens is 1. The van der Waals surface area contributed by atoms with Crippen LogP contribution in [0.15, 0.2) is 30.5 Å². The lowest BCUT2D eigenvalue weighted by molar-refractivity contribution is 0.328. The quantitative estimate of drug-likeness (QED) is 0.889. The SMILES string of the molecule is CCOc1ccccc1C(Cn1ncc(Cl)c1C)NC. The van der Waals surface area contributed by atoms with Gasteiger partial charge in [0.15, 0.2) is 0 Å². The molecule has 1 aromatic heterocycles. The van der Waals surface area contributed by atoms with E-state index < -0.39 is 0 Å². The Hall–Kier alpha value is -1.52. The Kier molecular flexibility index (Phi) is 5.04. The van der Waals surface area contributed by atoms with Gasteiger partial charge in [-0.25, -0.2) is 0 Å². The fraction of sp³-hybridized carbons (Fsp3) is 0.400. The molecule has 108 valence electrons. The highest BCUT2D eigenvalue weighted by molar-refractivity contribution is 6.31. The van der Waals surface area contributed by atoms with Gasteiger partial charge in [-0.1, -0.05) is 29.8 Å². The number of para-hydroxylation sites is 1. The zero-order chi connectivity index (χ0) is 14.5. The second-order valence-electron chi connectivity index (χ2n) is 4.57. The Morgan fingerprint density at radius 2 is 2.15 bits per heavy atom. The van der Waals surface area contributed by atoms with Crippen LogP contribution in [0.1, 0.15) is 24.2 Å². The summed E-state index contributed by atoms with van der Waals surface area (Å²) < 4.78 is 7.61. The lowest BCUT2D eigenvalue weighted by Crippen LogP contribution is -2.23. The monoisotopic (exact) mass is 293 g/mol. The zero-order valence-corrected chi connectivity index (χ0v) is 12.8. The van der Waals surface area contributed by atoms with Crippen molar-refractivity contribution in [2.24, 2.45) is 0 Å². The van der Waals surface area contributed by atoms with E-state index in [2.05, 4.69) is 16.5 Å². The molecule has 0 aliphatic rings. The highest BCUT2D eigenvalue weighted by Crippen LogP contribution is 2.27. The van der Waals surface area contributed by atoms with Gasteiger partial charge in [0, 0.05) is 5.56 Å². The molecule has 2 rings (SSSR count). The fourth-order valence-corrected chi connectivity index (χ4v) is 2.32. The topological polar surface area (TPSA) is 39.1 Å². The van der Waals surface area contributed by atoms with Crippen LogP contribution in [-0.2, 0) is 6.54 Å². The molecule has 5 heteroatoms. The van der Waals surface area contributed by atoms with Crippen LogP contribution in [0.5, 0.6) is 5.75 Å². The van der Waals surface area contributed by atoms with Gasteiger partial charge in [-0.2, -0.15) is 5.10 Å². The van der Waals surface area contributed by atoms with E-state index in [-0.39, 0.29) is 6.04 Å². The van der Waals surface area contributed by atoms with E-state index in [1.54, 1.807) is 6.20 Å². The van der Waals surface area contributed by atoms with Gasteiger partial charge in [0.25, 0.3) is 0 Å². The number of aromatic nitrogens is 2. The van der Waals surface area contributed by atoms with Crippen LogP contribution in [0.2, 0.25) is 5.02 Å². The van der Waals surface area contributed by atoms with Crippen LogP contribution in [0.25, 0.3) is 0 Å². The molecule has 1 heterocycles. The average molecular weight is 294 g/mol. The summed E-state index contributed by atoms with van der Waals surface area (Å²) in [4.78, 5) is 0. The molecule has 1 unspecified atom stereocenters. The van der Waals surface area contributed by atoms with Gasteiger partial charge >= 0.3 is 0 Å². The number of benzene rings is 1. The number of likely N-dealkylation sites (N-methyl/N-ethyl adjacent to an activating group) is 1. The molecule has 1 N–H and O–H groups in total. The first kappa shape index (κ1) is 14.9. The van der Waals surface area contributed by atoms with E-state index in [9.17, 15) is 0 Å². The lowest BCUT2D eigenvalue weighted by Gasteiger charge is -2.20. The number of rotatable bonds is 6. The molecule has 0 aliphatic carbocycles. The fourth-order valence-electron chi connectivity index (χ4n) is 2.18. The summed E-state index contributed by atoms with van der Waals surface area (Å²) in [5, 5.41) is 8.32. The lowest BCUT2D eigenvalue weighted by atomic mass is 10.1. The van der Waals surface area contributed by atoms with Crippen LogP contribution in [0.4, 0.5) is 0 Å². The second-order valence-corrected chi connectivity index (χ2v) is 4.98. The van der Waals surface area contributed by atoms with E-state index in [0.29, 0.717) is 18.2 Å². The minimum absolute atomic E-state index is 0.118. The first-order valence-corrected chi connectivity index (χ1v) is 7.12. The normalized spacial score (nSPS) is 12.4. The Morgan fingerprint density at radius 1 is 1.40 bits per heavy atom. The Balaban J connectivity index is 2.26. The molecule has 2 aromatic rings. The summed E-state index contributed by atoms with van der Waals surface area (Å²) in [5.74, 6) is 0.908. The van der Waals surface area contributed by atoms with E-state index in [0.717, 1.165) is 17.0 Å². The van der Waals surface area contributed by atoms with Gasteiger partial charge in [-0.05, 0) is 27.0 Å². The van der Waals surface area contributed by atoms with Crippen molar-refractivity contribution < 1.29 is 4.74 Å². The van der Waals surface area contributed by atoms with E-state index in [1.807, 2.05) is 43.8 Å². The van der Waals surface area contributed by atoms with Crippen LogP contribution in [0.3, 0.4) is 0 Å². The van der Waals surface area contributed by atoms with Gasteiger partial charge in [-0.3, -0.25) is 4.68 Å². The minimum atomic E-state index is 0.118. The Morgan fingerprint density at radius 3 is 2.75 bits per heavy atom. The number of nitrogens with one attached hydrogen (secondary N) is 1. The number of hydrogen-bond acceptors (Lipinski definition) is 3. The molecule has 1 atom stereocenters. The van der Waals surface area contributed by atoms with E-state index >= 15 is 0 Å². The highest BCUT2D eigenvalue weighted by atomic mass is 35.5. The molecule has 1 aromatic carbocycles. The van der Waals surface area contributed by atoms with Crippen molar-refractivity contribution in [2.45, 2.75) is 26.4 Å². The summed E-state index contributed by atoms with van der Waals surface area (Å²) >= 11 is 6.05. The average Bonchev–Trinajstić information content (AvgIpc) is 2.78. The number of ether oxygens (including phenoxy) is 1. The Bertz CT molecular complexity index is 568. The highest BCUT2D eigenvalue weighted by Gasteiger charge is 2.16. The van der Waals surface area contributed by atoms with Crippen LogP contribution in [0, 0.1) is 6.92 Å². The van der Waals surface area contributed by atoms with Crippen LogP contribution < -0.4 is 10.1 Å². The third kappa shape index (κ3) is 3.14. The zero-order valence-electron chi connectivity index (χ0n) is 12.1. The maximum absolute atomic E-state index is 6.05. The molecule has 0 aliphatic heterocycles. The van der Waals surface area contributed by atoms with E-state index in [4.69, 9.17) is 16.3 Å². The van der Waals surface area contributed by atoms with Crippen molar-refractivity contribution in [1.82, 2.24) is 15.1 Å². The molecule has 0 saturated carbocycles. The van der Waals surface area contributed by atoms with Crippen LogP contribution >= 0.6 is 11.6 Å². The van der Waals surface area contributed by atoms with Crippen molar-refractivity contribution in [1.29, 1.82) is 0 Å². The number of hydrogen-bond donors (Lipinski definition) is 1. The predicted octanol–water partition coefficient (Wildman–Crippen LogP) is 3.20. The molecule has 4 nitrogen and oxygen atoms in total. The Labute approximate surface area is 124 Å². The van der Waals surface area contributed by atoms with Crippen molar-refractivity contribution in [3.63, 3.8) is 0 Å². The third-order valence-electron chi connectivity index (χ3n) is 3.34. The molecule has 0 radical (unpaired) electrons. The smallest absolute Gasteiger partial charge is 0.124 e. The molecule has 0 bridgehead atoms. The molecule has 0 fully saturated rings. The summed E-state index contributed by atoms with van der Waals surface area (Å²) in [6.45, 7) is 5.32. The summed E-state index contributed by atoms with van der Waals surface area (Å²) in [6.07, 6.45) is 1.68. The summed E-state index contributed by atoms with van der Waals surface area (Å²) in [5.41, 5.74) is 2.10. The van der Waals surface area contributed by atoms with Gasteiger partial charge in [0.1, 0.15) is 5.75 Å². The van der Waals surface area contributed by atoms with Gasteiger partial charge in [-0.15, -0.1) is 0 Å². The first-order valence-electron chi connectivity index (χ1n) is 6.74. The van der Waals surface area contributed by atoms with Crippen molar-refractivity contribution in [3.05, 3.63) is 46.7 Å². The first-order chi connectivity index (χ1) is 9.67. The van der Waals surface area contributed by atoms with Gasteiger partial charge < -0.3 is 10.1 Å². The summed E-state index contributed by atoms with van der Waals surface area (Å²) in [7, 11) is 1.94. The number of nitrogens with zero attached hydrogens (tertiary/aromatic N) is 2. The molecular weight excluding hydrogens is 274 g/mol. The van der Waals surface area contributed by atoms with Crippen LogP contribution in [-0.4, -0.2) is 23.4 Å². The minimum Gasteiger partial charge on any atom is -0.494 e. The van der Waals surface area contributed by atoms with Gasteiger partial charge in [0.2, 0.25) is 0 Å². The third-order valence-corrected chi connectivity index (χ3v) is 3.71. The largest absolute Gasteiger partial charge is 0.494 e. The maximum atomic E-state index is 6.05. The summed E-state index contributed by atoms with van der Waals surface area (Å²) in [6, 6.07) is 8.19.